The van der Waals surface area contributed by atoms with E-state index in [2.05, 4.69) is 20.1 Å². The summed E-state index contributed by atoms with van der Waals surface area (Å²) < 4.78 is 1.58. The summed E-state index contributed by atoms with van der Waals surface area (Å²) in [6, 6.07) is 5.85. The molecule has 2 aromatic rings. The lowest BCUT2D eigenvalue weighted by molar-refractivity contribution is -0.128. The number of pyridine rings is 1. The van der Waals surface area contributed by atoms with Crippen molar-refractivity contribution in [2.75, 3.05) is 36.8 Å². The Morgan fingerprint density at radius 2 is 2.08 bits per heavy atom. The number of carbonyl (C=O) groups excluding carboxylic acids is 1. The van der Waals surface area contributed by atoms with E-state index in [-0.39, 0.29) is 17.3 Å². The lowest BCUT2D eigenvalue weighted by Crippen LogP contribution is -2.49. The lowest BCUT2D eigenvalue weighted by atomic mass is 10.3. The number of hydrogen-bond acceptors (Lipinski definition) is 6. The number of aromatic nitrogens is 4. The molecule has 0 bridgehead atoms. The van der Waals surface area contributed by atoms with Crippen LogP contribution < -0.4 is 10.6 Å². The highest BCUT2D eigenvalue weighted by Crippen LogP contribution is 2.16. The molecule has 3 heterocycles. The molecule has 1 aliphatic rings. The van der Waals surface area contributed by atoms with Gasteiger partial charge in [-0.05, 0) is 18.6 Å². The van der Waals surface area contributed by atoms with Crippen molar-refractivity contribution in [3.05, 3.63) is 34.9 Å². The van der Waals surface area contributed by atoms with Crippen LogP contribution in [0.1, 0.15) is 13.3 Å². The Kier molecular flexibility index (Phi) is 5.75. The van der Waals surface area contributed by atoms with Crippen LogP contribution in [0.25, 0.3) is 0 Å². The lowest BCUT2D eigenvalue weighted by Gasteiger charge is -2.35. The molecule has 3 rings (SSSR count). The largest absolute Gasteiger partial charge is 0.353 e. The first kappa shape index (κ1) is 17.5. The minimum absolute atomic E-state index is 0.0733. The summed E-state index contributed by atoms with van der Waals surface area (Å²) in [7, 11) is 0. The van der Waals surface area contributed by atoms with Gasteiger partial charge in [0, 0.05) is 38.9 Å². The molecule has 0 spiro atoms. The molecule has 25 heavy (non-hydrogen) atoms. The van der Waals surface area contributed by atoms with Crippen LogP contribution in [0.5, 0.6) is 0 Å². The Bertz CT molecular complexity index is 751. The third kappa shape index (κ3) is 4.22. The van der Waals surface area contributed by atoms with E-state index >= 15 is 0 Å². The summed E-state index contributed by atoms with van der Waals surface area (Å²) in [4.78, 5) is 32.5. The summed E-state index contributed by atoms with van der Waals surface area (Å²) in [5, 5.41) is 7.03. The Morgan fingerprint density at radius 1 is 1.28 bits per heavy atom. The maximum Gasteiger partial charge on any atom is 0.343 e. The van der Waals surface area contributed by atoms with E-state index in [0.29, 0.717) is 24.8 Å². The highest BCUT2D eigenvalue weighted by molar-refractivity contribution is 7.99. The first-order valence-electron chi connectivity index (χ1n) is 8.40. The average Bonchev–Trinajstić information content (AvgIpc) is 3.01. The van der Waals surface area contributed by atoms with Gasteiger partial charge in [-0.25, -0.2) is 14.9 Å². The van der Waals surface area contributed by atoms with Crippen LogP contribution in [0, 0.1) is 0 Å². The predicted octanol–water partition coefficient (Wildman–Crippen LogP) is 0.817. The fourth-order valence-corrected chi connectivity index (χ4v) is 3.65. The number of aromatic amines is 1. The van der Waals surface area contributed by atoms with Crippen molar-refractivity contribution >= 4 is 23.5 Å². The molecule has 2 aromatic heterocycles. The number of H-pyrrole nitrogens is 1. The van der Waals surface area contributed by atoms with Crippen molar-refractivity contribution in [1.29, 1.82) is 0 Å². The molecule has 0 radical (unpaired) electrons. The van der Waals surface area contributed by atoms with Crippen molar-refractivity contribution in [3.63, 3.8) is 0 Å². The number of nitrogens with one attached hydrogen (secondary N) is 1. The standard InChI is InChI=1S/C16H22N6O2S/c1-2-7-22-15(24)18-19-16(22)25-12-14(23)21-10-8-20(9-11-21)13-5-3-4-6-17-13/h3-6H,2,7-12H2,1H3,(H,18,24). The summed E-state index contributed by atoms with van der Waals surface area (Å²) >= 11 is 1.31. The molecule has 0 aliphatic carbocycles. The van der Waals surface area contributed by atoms with Crippen LogP contribution in [0.2, 0.25) is 0 Å². The van der Waals surface area contributed by atoms with Crippen LogP contribution in [0.4, 0.5) is 5.82 Å². The fraction of sp³-hybridized carbons (Fsp3) is 0.500. The molecule has 1 N–H and O–H groups in total. The van der Waals surface area contributed by atoms with Crippen LogP contribution in [-0.4, -0.2) is 62.5 Å². The topological polar surface area (TPSA) is 87.1 Å². The molecule has 0 unspecified atom stereocenters. The van der Waals surface area contributed by atoms with Gasteiger partial charge in [0.2, 0.25) is 5.91 Å². The third-order valence-electron chi connectivity index (χ3n) is 4.10. The Labute approximate surface area is 150 Å². The van der Waals surface area contributed by atoms with Crippen LogP contribution in [0.15, 0.2) is 34.3 Å². The maximum atomic E-state index is 12.4. The van der Waals surface area contributed by atoms with Gasteiger partial charge in [-0.3, -0.25) is 9.36 Å². The van der Waals surface area contributed by atoms with Gasteiger partial charge in [-0.1, -0.05) is 24.8 Å². The van der Waals surface area contributed by atoms with Gasteiger partial charge in [0.15, 0.2) is 5.16 Å². The normalized spacial score (nSPS) is 14.8. The average molecular weight is 362 g/mol. The molecule has 0 saturated carbocycles. The third-order valence-corrected chi connectivity index (χ3v) is 5.06. The van der Waals surface area contributed by atoms with Gasteiger partial charge in [-0.15, -0.1) is 5.10 Å². The van der Waals surface area contributed by atoms with E-state index in [9.17, 15) is 9.59 Å². The molecule has 1 amide bonds. The van der Waals surface area contributed by atoms with Crippen molar-refractivity contribution in [1.82, 2.24) is 24.6 Å². The number of thioether (sulfide) groups is 1. The van der Waals surface area contributed by atoms with Gasteiger partial charge in [-0.2, -0.15) is 0 Å². The Morgan fingerprint density at radius 3 is 2.76 bits per heavy atom. The highest BCUT2D eigenvalue weighted by Gasteiger charge is 2.22. The number of carbonyl (C=O) groups is 1. The number of piperazine rings is 1. The first-order chi connectivity index (χ1) is 12.2. The van der Waals surface area contributed by atoms with E-state index in [1.54, 1.807) is 10.8 Å². The smallest absolute Gasteiger partial charge is 0.343 e. The summed E-state index contributed by atoms with van der Waals surface area (Å²) in [5.74, 6) is 1.31. The van der Waals surface area contributed by atoms with Gasteiger partial charge in [0.1, 0.15) is 5.82 Å². The molecule has 1 aliphatic heterocycles. The summed E-state index contributed by atoms with van der Waals surface area (Å²) in [6.07, 6.45) is 2.62. The highest BCUT2D eigenvalue weighted by atomic mass is 32.2. The number of nitrogens with zero attached hydrogens (tertiary/aromatic N) is 5. The van der Waals surface area contributed by atoms with Crippen LogP contribution >= 0.6 is 11.8 Å². The van der Waals surface area contributed by atoms with Crippen molar-refractivity contribution < 1.29 is 4.79 Å². The van der Waals surface area contributed by atoms with E-state index in [0.717, 1.165) is 25.3 Å². The second-order valence-corrected chi connectivity index (χ2v) is 6.75. The van der Waals surface area contributed by atoms with E-state index in [1.165, 1.54) is 11.8 Å². The second kappa shape index (κ2) is 8.19. The second-order valence-electron chi connectivity index (χ2n) is 5.81. The minimum Gasteiger partial charge on any atom is -0.353 e. The molecule has 0 aromatic carbocycles. The number of rotatable bonds is 6. The number of hydrogen-bond donors (Lipinski definition) is 1. The van der Waals surface area contributed by atoms with Gasteiger partial charge in [0.05, 0.1) is 5.75 Å². The van der Waals surface area contributed by atoms with Crippen molar-refractivity contribution in [3.8, 4) is 0 Å². The SMILES string of the molecule is CCCn1c(SCC(=O)N2CCN(c3ccccn3)CC2)n[nH]c1=O. The van der Waals surface area contributed by atoms with Crippen molar-refractivity contribution in [2.45, 2.75) is 25.0 Å². The van der Waals surface area contributed by atoms with E-state index < -0.39 is 0 Å². The minimum atomic E-state index is -0.222. The molecule has 8 nitrogen and oxygen atoms in total. The van der Waals surface area contributed by atoms with Gasteiger partial charge >= 0.3 is 5.69 Å². The number of anilines is 1. The van der Waals surface area contributed by atoms with Crippen LogP contribution in [0.3, 0.4) is 0 Å². The molecular formula is C16H22N6O2S. The van der Waals surface area contributed by atoms with Crippen LogP contribution in [-0.2, 0) is 11.3 Å². The molecule has 0 atom stereocenters. The maximum absolute atomic E-state index is 12.4. The quantitative estimate of drug-likeness (QED) is 0.766. The molecule has 9 heteroatoms. The van der Waals surface area contributed by atoms with E-state index in [4.69, 9.17) is 0 Å². The first-order valence-corrected chi connectivity index (χ1v) is 9.39. The monoisotopic (exact) mass is 362 g/mol. The van der Waals surface area contributed by atoms with Crippen molar-refractivity contribution in [2.24, 2.45) is 0 Å². The zero-order valence-corrected chi connectivity index (χ0v) is 15.0. The fourth-order valence-electron chi connectivity index (χ4n) is 2.78. The van der Waals surface area contributed by atoms with E-state index in [1.807, 2.05) is 30.0 Å². The zero-order valence-electron chi connectivity index (χ0n) is 14.2. The molecule has 134 valence electrons. The van der Waals surface area contributed by atoms with Gasteiger partial charge in [0.25, 0.3) is 0 Å². The number of amides is 1. The predicted molar refractivity (Wildman–Crippen MR) is 96.9 cm³/mol. The molecule has 1 saturated heterocycles. The summed E-state index contributed by atoms with van der Waals surface area (Å²) in [6.45, 7) is 5.51. The molecule has 1 fully saturated rings. The zero-order chi connectivity index (χ0) is 17.6. The Balaban J connectivity index is 1.51. The Hall–Kier alpha value is -2.29. The summed E-state index contributed by atoms with van der Waals surface area (Å²) in [5.41, 5.74) is -0.222. The van der Waals surface area contributed by atoms with Gasteiger partial charge < -0.3 is 9.80 Å². The molecular weight excluding hydrogens is 340 g/mol.